The molecule has 7 nitrogen and oxygen atoms in total. The Morgan fingerprint density at radius 2 is 1.93 bits per heavy atom. The van der Waals surface area contributed by atoms with Gasteiger partial charge in [0.05, 0.1) is 13.5 Å². The van der Waals surface area contributed by atoms with E-state index in [0.29, 0.717) is 36.9 Å². The second-order valence-electron chi connectivity index (χ2n) is 7.88. The Morgan fingerprint density at radius 1 is 1.26 bits per heavy atom. The number of carbonyl (C=O) groups is 2. The van der Waals surface area contributed by atoms with Crippen LogP contribution in [-0.2, 0) is 16.0 Å². The summed E-state index contributed by atoms with van der Waals surface area (Å²) in [4.78, 5) is 26.1. The molecule has 1 aliphatic rings. The molecule has 27 heavy (non-hydrogen) atoms. The van der Waals surface area contributed by atoms with E-state index < -0.39 is 11.7 Å². The average molecular weight is 378 g/mol. The van der Waals surface area contributed by atoms with Crippen LogP contribution in [0.15, 0.2) is 18.2 Å². The molecule has 2 rings (SSSR count). The molecule has 0 saturated carbocycles. The summed E-state index contributed by atoms with van der Waals surface area (Å²) in [6, 6.07) is 4.76. The number of phenolic OH excluding ortho intramolecular Hbond substituents is 1. The van der Waals surface area contributed by atoms with Crippen LogP contribution in [0.4, 0.5) is 4.79 Å². The Balaban J connectivity index is 1.79. The van der Waals surface area contributed by atoms with Gasteiger partial charge in [0.2, 0.25) is 5.91 Å². The maximum atomic E-state index is 12.6. The number of hydrogen-bond acceptors (Lipinski definition) is 5. The van der Waals surface area contributed by atoms with Crippen molar-refractivity contribution >= 4 is 12.0 Å². The van der Waals surface area contributed by atoms with Gasteiger partial charge in [-0.15, -0.1) is 0 Å². The van der Waals surface area contributed by atoms with E-state index in [2.05, 4.69) is 5.32 Å². The highest BCUT2D eigenvalue weighted by atomic mass is 16.6. The molecular formula is C20H30N2O5. The molecule has 0 spiro atoms. The molecule has 1 saturated heterocycles. The molecule has 0 aliphatic carbocycles. The summed E-state index contributed by atoms with van der Waals surface area (Å²) < 4.78 is 10.5. The van der Waals surface area contributed by atoms with Crippen LogP contribution in [0, 0.1) is 5.92 Å². The predicted octanol–water partition coefficient (Wildman–Crippen LogP) is 2.71. The SMILES string of the molecule is COc1ccc(O)cc1CC(=O)N1CCC(CNC(=O)OC(C)(C)C)CC1. The topological polar surface area (TPSA) is 88.1 Å². The molecule has 0 bridgehead atoms. The van der Waals surface area contributed by atoms with Crippen LogP contribution in [0.5, 0.6) is 11.5 Å². The maximum absolute atomic E-state index is 12.6. The third-order valence-electron chi connectivity index (χ3n) is 4.51. The van der Waals surface area contributed by atoms with Crippen molar-refractivity contribution in [3.63, 3.8) is 0 Å². The molecule has 2 amide bonds. The fourth-order valence-corrected chi connectivity index (χ4v) is 3.11. The van der Waals surface area contributed by atoms with Crippen molar-refractivity contribution in [3.8, 4) is 11.5 Å². The van der Waals surface area contributed by atoms with E-state index in [1.54, 1.807) is 19.2 Å². The first kappa shape index (κ1) is 20.9. The number of phenols is 1. The molecule has 150 valence electrons. The first-order valence-electron chi connectivity index (χ1n) is 9.28. The second-order valence-corrected chi connectivity index (χ2v) is 7.88. The number of hydrogen-bond donors (Lipinski definition) is 2. The van der Waals surface area contributed by atoms with Gasteiger partial charge in [-0.25, -0.2) is 4.79 Å². The Kier molecular flexibility index (Phi) is 6.93. The van der Waals surface area contributed by atoms with Gasteiger partial charge in [-0.2, -0.15) is 0 Å². The van der Waals surface area contributed by atoms with Gasteiger partial charge in [-0.3, -0.25) is 4.79 Å². The largest absolute Gasteiger partial charge is 0.508 e. The number of nitrogens with one attached hydrogen (secondary N) is 1. The average Bonchev–Trinajstić information content (AvgIpc) is 2.59. The van der Waals surface area contributed by atoms with Crippen molar-refractivity contribution in [2.45, 2.75) is 45.6 Å². The minimum absolute atomic E-state index is 0.0115. The van der Waals surface area contributed by atoms with Crippen molar-refractivity contribution in [3.05, 3.63) is 23.8 Å². The lowest BCUT2D eigenvalue weighted by Crippen LogP contribution is -2.42. The Bertz CT molecular complexity index is 661. The molecule has 2 N–H and O–H groups in total. The molecule has 0 radical (unpaired) electrons. The highest BCUT2D eigenvalue weighted by Gasteiger charge is 2.24. The van der Waals surface area contributed by atoms with Crippen LogP contribution in [-0.4, -0.2) is 54.4 Å². The molecule has 1 fully saturated rings. The van der Waals surface area contributed by atoms with Crippen LogP contribution in [0.2, 0.25) is 0 Å². The summed E-state index contributed by atoms with van der Waals surface area (Å²) in [5.41, 5.74) is 0.170. The van der Waals surface area contributed by atoms with Crippen LogP contribution in [0.25, 0.3) is 0 Å². The van der Waals surface area contributed by atoms with Gasteiger partial charge in [0.1, 0.15) is 17.1 Å². The van der Waals surface area contributed by atoms with Gasteiger partial charge in [0.15, 0.2) is 0 Å². The Labute approximate surface area is 160 Å². The molecule has 1 aliphatic heterocycles. The lowest BCUT2D eigenvalue weighted by Gasteiger charge is -2.32. The zero-order valence-electron chi connectivity index (χ0n) is 16.6. The monoisotopic (exact) mass is 378 g/mol. The lowest BCUT2D eigenvalue weighted by atomic mass is 9.96. The summed E-state index contributed by atoms with van der Waals surface area (Å²) in [5.74, 6) is 1.05. The molecule has 0 aromatic heterocycles. The van der Waals surface area contributed by atoms with Crippen molar-refractivity contribution in [2.24, 2.45) is 5.92 Å². The van der Waals surface area contributed by atoms with E-state index in [1.807, 2.05) is 25.7 Å². The summed E-state index contributed by atoms with van der Waals surface area (Å²) in [6.07, 6.45) is 1.45. The van der Waals surface area contributed by atoms with Gasteiger partial charge < -0.3 is 24.8 Å². The zero-order chi connectivity index (χ0) is 20.0. The second kappa shape index (κ2) is 8.97. The molecular weight excluding hydrogens is 348 g/mol. The summed E-state index contributed by atoms with van der Waals surface area (Å²) in [5, 5.41) is 12.4. The molecule has 7 heteroatoms. The number of amides is 2. The number of carbonyl (C=O) groups excluding carboxylic acids is 2. The van der Waals surface area contributed by atoms with Gasteiger partial charge >= 0.3 is 6.09 Å². The van der Waals surface area contributed by atoms with Crippen LogP contribution in [0.3, 0.4) is 0 Å². The Hall–Kier alpha value is -2.44. The van der Waals surface area contributed by atoms with E-state index in [1.165, 1.54) is 6.07 Å². The fraction of sp³-hybridized carbons (Fsp3) is 0.600. The van der Waals surface area contributed by atoms with Crippen molar-refractivity contribution < 1.29 is 24.2 Å². The molecule has 0 unspecified atom stereocenters. The highest BCUT2D eigenvalue weighted by molar-refractivity contribution is 5.79. The fourth-order valence-electron chi connectivity index (χ4n) is 3.11. The van der Waals surface area contributed by atoms with E-state index in [4.69, 9.17) is 9.47 Å². The minimum atomic E-state index is -0.507. The highest BCUT2D eigenvalue weighted by Crippen LogP contribution is 2.25. The first-order chi connectivity index (χ1) is 12.7. The van der Waals surface area contributed by atoms with Gasteiger partial charge in [0.25, 0.3) is 0 Å². The minimum Gasteiger partial charge on any atom is -0.508 e. The zero-order valence-corrected chi connectivity index (χ0v) is 16.6. The normalized spacial score (nSPS) is 15.3. The number of aromatic hydroxyl groups is 1. The van der Waals surface area contributed by atoms with Crippen molar-refractivity contribution in [1.29, 1.82) is 0 Å². The number of ether oxygens (including phenoxy) is 2. The van der Waals surface area contributed by atoms with E-state index in [9.17, 15) is 14.7 Å². The quantitative estimate of drug-likeness (QED) is 0.822. The summed E-state index contributed by atoms with van der Waals surface area (Å²) >= 11 is 0. The Morgan fingerprint density at radius 3 is 2.52 bits per heavy atom. The van der Waals surface area contributed by atoms with Gasteiger partial charge in [-0.1, -0.05) is 0 Å². The molecule has 1 aromatic carbocycles. The molecule has 1 heterocycles. The number of alkyl carbamates (subject to hydrolysis) is 1. The van der Waals surface area contributed by atoms with Gasteiger partial charge in [0, 0.05) is 25.2 Å². The number of likely N-dealkylation sites (tertiary alicyclic amines) is 1. The van der Waals surface area contributed by atoms with Crippen LogP contribution >= 0.6 is 0 Å². The predicted molar refractivity (Wildman–Crippen MR) is 102 cm³/mol. The van der Waals surface area contributed by atoms with Crippen LogP contribution < -0.4 is 10.1 Å². The lowest BCUT2D eigenvalue weighted by molar-refractivity contribution is -0.131. The molecule has 0 atom stereocenters. The first-order valence-corrected chi connectivity index (χ1v) is 9.28. The van der Waals surface area contributed by atoms with Crippen LogP contribution in [0.1, 0.15) is 39.2 Å². The van der Waals surface area contributed by atoms with Crippen molar-refractivity contribution in [1.82, 2.24) is 10.2 Å². The summed E-state index contributed by atoms with van der Waals surface area (Å²) in [7, 11) is 1.55. The third-order valence-corrected chi connectivity index (χ3v) is 4.51. The standard InChI is InChI=1S/C20H30N2O5/c1-20(2,3)27-19(25)21-13-14-7-9-22(10-8-14)18(24)12-15-11-16(23)5-6-17(15)26-4/h5-6,11,14,23H,7-10,12-13H2,1-4H3,(H,21,25). The maximum Gasteiger partial charge on any atom is 0.407 e. The van der Waals surface area contributed by atoms with E-state index >= 15 is 0 Å². The summed E-state index contributed by atoms with van der Waals surface area (Å²) in [6.45, 7) is 7.35. The number of nitrogens with zero attached hydrogens (tertiary/aromatic N) is 1. The molecule has 1 aromatic rings. The number of methoxy groups -OCH3 is 1. The number of piperidine rings is 1. The third kappa shape index (κ3) is 6.66. The number of benzene rings is 1. The van der Waals surface area contributed by atoms with E-state index in [0.717, 1.165) is 12.8 Å². The van der Waals surface area contributed by atoms with E-state index in [-0.39, 0.29) is 18.1 Å². The number of rotatable bonds is 5. The smallest absolute Gasteiger partial charge is 0.407 e. The van der Waals surface area contributed by atoms with Crippen molar-refractivity contribution in [2.75, 3.05) is 26.7 Å². The van der Waals surface area contributed by atoms with Gasteiger partial charge in [-0.05, 0) is 57.7 Å².